The fourth-order valence-electron chi connectivity index (χ4n) is 2.52. The lowest BCUT2D eigenvalue weighted by atomic mass is 10.2. The number of anilines is 1. The van der Waals surface area contributed by atoms with Crippen LogP contribution in [0.15, 0.2) is 0 Å². The summed E-state index contributed by atoms with van der Waals surface area (Å²) in [6.45, 7) is 4.86. The predicted molar refractivity (Wildman–Crippen MR) is 76.3 cm³/mol. The Labute approximate surface area is 117 Å². The largest absolute Gasteiger partial charge is 0.376 e. The van der Waals surface area contributed by atoms with E-state index in [1.54, 1.807) is 11.3 Å². The highest BCUT2D eigenvalue weighted by Crippen LogP contribution is 2.43. The Hall–Kier alpha value is -0.940. The predicted octanol–water partition coefficient (Wildman–Crippen LogP) is 2.84. The highest BCUT2D eigenvalue weighted by Gasteiger charge is 2.31. The summed E-state index contributed by atoms with van der Waals surface area (Å²) < 4.78 is 5.79. The first-order valence-electron chi connectivity index (χ1n) is 7.14. The number of aromatic nitrogens is 1. The Morgan fingerprint density at radius 3 is 3.05 bits per heavy atom. The van der Waals surface area contributed by atoms with Crippen molar-refractivity contribution in [3.05, 3.63) is 10.6 Å². The average Bonchev–Trinajstić information content (AvgIpc) is 3.23. The summed E-state index contributed by atoms with van der Waals surface area (Å²) >= 11 is 1.55. The SMILES string of the molecule is CCC1CN(c2nc(C3CC3)c(C=O)s2)CCCO1. The van der Waals surface area contributed by atoms with E-state index in [0.29, 0.717) is 5.92 Å². The third kappa shape index (κ3) is 2.82. The molecule has 1 aliphatic carbocycles. The molecule has 1 aliphatic heterocycles. The third-order valence-corrected chi connectivity index (χ3v) is 4.87. The molecule has 0 bridgehead atoms. The van der Waals surface area contributed by atoms with Gasteiger partial charge in [-0.15, -0.1) is 0 Å². The van der Waals surface area contributed by atoms with Gasteiger partial charge in [-0.1, -0.05) is 18.3 Å². The minimum atomic E-state index is 0.287. The molecule has 3 rings (SSSR count). The summed E-state index contributed by atoms with van der Waals surface area (Å²) in [4.78, 5) is 19.0. The Balaban J connectivity index is 1.81. The van der Waals surface area contributed by atoms with E-state index in [0.717, 1.165) is 54.5 Å². The lowest BCUT2D eigenvalue weighted by Crippen LogP contribution is -2.31. The summed E-state index contributed by atoms with van der Waals surface area (Å²) in [6, 6.07) is 0. The van der Waals surface area contributed by atoms with Crippen LogP contribution in [0.4, 0.5) is 5.13 Å². The van der Waals surface area contributed by atoms with E-state index in [2.05, 4.69) is 11.8 Å². The first-order valence-corrected chi connectivity index (χ1v) is 7.96. The first kappa shape index (κ1) is 13.1. The zero-order valence-electron chi connectivity index (χ0n) is 11.3. The van der Waals surface area contributed by atoms with E-state index in [1.807, 2.05) is 0 Å². The zero-order chi connectivity index (χ0) is 13.2. The van der Waals surface area contributed by atoms with Crippen molar-refractivity contribution in [3.63, 3.8) is 0 Å². The topological polar surface area (TPSA) is 42.4 Å². The number of ether oxygens (including phenoxy) is 1. The molecular weight excluding hydrogens is 260 g/mol. The lowest BCUT2D eigenvalue weighted by Gasteiger charge is -2.22. The molecule has 2 heterocycles. The summed E-state index contributed by atoms with van der Waals surface area (Å²) in [5.74, 6) is 0.537. The van der Waals surface area contributed by atoms with E-state index in [-0.39, 0.29) is 6.10 Å². The molecule has 1 atom stereocenters. The van der Waals surface area contributed by atoms with Crippen LogP contribution in [-0.4, -0.2) is 37.1 Å². The third-order valence-electron chi connectivity index (χ3n) is 3.82. The quantitative estimate of drug-likeness (QED) is 0.795. The maximum Gasteiger partial charge on any atom is 0.186 e. The van der Waals surface area contributed by atoms with Crippen LogP contribution < -0.4 is 4.90 Å². The van der Waals surface area contributed by atoms with Crippen LogP contribution in [0.1, 0.15) is 53.9 Å². The Morgan fingerprint density at radius 1 is 1.53 bits per heavy atom. The number of hydrogen-bond donors (Lipinski definition) is 0. The number of thiazole rings is 1. The molecule has 0 amide bonds. The fraction of sp³-hybridized carbons (Fsp3) is 0.714. The smallest absolute Gasteiger partial charge is 0.186 e. The van der Waals surface area contributed by atoms with Crippen molar-refractivity contribution in [2.45, 2.75) is 44.6 Å². The molecule has 0 N–H and O–H groups in total. The molecule has 1 aromatic rings. The van der Waals surface area contributed by atoms with E-state index in [4.69, 9.17) is 9.72 Å². The molecule has 0 radical (unpaired) electrons. The van der Waals surface area contributed by atoms with Gasteiger partial charge in [0.25, 0.3) is 0 Å². The molecule has 2 aliphatic rings. The van der Waals surface area contributed by atoms with Gasteiger partial charge in [0, 0.05) is 25.6 Å². The van der Waals surface area contributed by atoms with Gasteiger partial charge in [-0.2, -0.15) is 0 Å². The number of hydrogen-bond acceptors (Lipinski definition) is 5. The van der Waals surface area contributed by atoms with Crippen molar-refractivity contribution < 1.29 is 9.53 Å². The van der Waals surface area contributed by atoms with Crippen molar-refractivity contribution in [1.29, 1.82) is 0 Å². The molecule has 4 nitrogen and oxygen atoms in total. The van der Waals surface area contributed by atoms with Crippen LogP contribution in [0.3, 0.4) is 0 Å². The standard InChI is InChI=1S/C14H20N2O2S/c1-2-11-8-16(6-3-7-18-11)14-15-13(10-4-5-10)12(9-17)19-14/h9-11H,2-8H2,1H3. The van der Waals surface area contributed by atoms with Crippen molar-refractivity contribution in [2.24, 2.45) is 0 Å². The molecule has 1 saturated heterocycles. The minimum absolute atomic E-state index is 0.287. The lowest BCUT2D eigenvalue weighted by molar-refractivity contribution is 0.0664. The molecule has 0 spiro atoms. The van der Waals surface area contributed by atoms with Gasteiger partial charge in [-0.05, 0) is 25.7 Å². The van der Waals surface area contributed by atoms with Crippen LogP contribution in [0.25, 0.3) is 0 Å². The Morgan fingerprint density at radius 2 is 2.37 bits per heavy atom. The van der Waals surface area contributed by atoms with E-state index >= 15 is 0 Å². The van der Waals surface area contributed by atoms with Crippen LogP contribution in [0.5, 0.6) is 0 Å². The first-order chi connectivity index (χ1) is 9.31. The molecule has 5 heteroatoms. The summed E-state index contributed by atoms with van der Waals surface area (Å²) in [5, 5.41) is 1.01. The van der Waals surface area contributed by atoms with Gasteiger partial charge in [0.2, 0.25) is 0 Å². The van der Waals surface area contributed by atoms with Crippen molar-refractivity contribution in [3.8, 4) is 0 Å². The van der Waals surface area contributed by atoms with Crippen LogP contribution in [-0.2, 0) is 4.74 Å². The molecule has 19 heavy (non-hydrogen) atoms. The number of carbonyl (C=O) groups excluding carboxylic acids is 1. The van der Waals surface area contributed by atoms with Gasteiger partial charge in [0.15, 0.2) is 11.4 Å². The van der Waals surface area contributed by atoms with E-state index < -0.39 is 0 Å². The number of rotatable bonds is 4. The molecular formula is C14H20N2O2S. The van der Waals surface area contributed by atoms with Gasteiger partial charge in [-0.25, -0.2) is 4.98 Å². The van der Waals surface area contributed by atoms with Crippen LogP contribution in [0.2, 0.25) is 0 Å². The average molecular weight is 280 g/mol. The van der Waals surface area contributed by atoms with Crippen molar-refractivity contribution >= 4 is 22.8 Å². The molecule has 0 aromatic carbocycles. The van der Waals surface area contributed by atoms with Gasteiger partial charge in [0.05, 0.1) is 16.7 Å². The number of nitrogens with zero attached hydrogens (tertiary/aromatic N) is 2. The normalized spacial score (nSPS) is 24.3. The Bertz CT molecular complexity index is 456. The second-order valence-electron chi connectivity index (χ2n) is 5.34. The van der Waals surface area contributed by atoms with Crippen LogP contribution in [0, 0.1) is 0 Å². The molecule has 2 fully saturated rings. The van der Waals surface area contributed by atoms with Crippen molar-refractivity contribution in [2.75, 3.05) is 24.6 Å². The van der Waals surface area contributed by atoms with Gasteiger partial charge in [0.1, 0.15) is 0 Å². The molecule has 104 valence electrons. The van der Waals surface area contributed by atoms with Crippen molar-refractivity contribution in [1.82, 2.24) is 4.98 Å². The highest BCUT2D eigenvalue weighted by atomic mass is 32.1. The maximum atomic E-state index is 11.2. The summed E-state index contributed by atoms with van der Waals surface area (Å²) in [5.41, 5.74) is 1.04. The fourth-order valence-corrected chi connectivity index (χ4v) is 3.52. The summed E-state index contributed by atoms with van der Waals surface area (Å²) in [6.07, 6.45) is 5.69. The minimum Gasteiger partial charge on any atom is -0.376 e. The number of aldehydes is 1. The van der Waals surface area contributed by atoms with Crippen LogP contribution >= 0.6 is 11.3 Å². The Kier molecular flexibility index (Phi) is 3.84. The van der Waals surface area contributed by atoms with E-state index in [1.165, 1.54) is 12.8 Å². The maximum absolute atomic E-state index is 11.2. The van der Waals surface area contributed by atoms with Gasteiger partial charge in [-0.3, -0.25) is 4.79 Å². The monoisotopic (exact) mass is 280 g/mol. The van der Waals surface area contributed by atoms with E-state index in [9.17, 15) is 4.79 Å². The second-order valence-corrected chi connectivity index (χ2v) is 6.35. The summed E-state index contributed by atoms with van der Waals surface area (Å²) in [7, 11) is 0. The zero-order valence-corrected chi connectivity index (χ0v) is 12.1. The second kappa shape index (κ2) is 5.59. The number of carbonyl (C=O) groups is 1. The van der Waals surface area contributed by atoms with Gasteiger partial charge >= 0.3 is 0 Å². The highest BCUT2D eigenvalue weighted by molar-refractivity contribution is 7.17. The molecule has 1 saturated carbocycles. The molecule has 1 unspecified atom stereocenters. The molecule has 1 aromatic heterocycles. The van der Waals surface area contributed by atoms with Gasteiger partial charge < -0.3 is 9.64 Å².